The van der Waals surface area contributed by atoms with Crippen molar-refractivity contribution < 1.29 is 14.3 Å². The Bertz CT molecular complexity index is 771. The van der Waals surface area contributed by atoms with Crippen LogP contribution in [-0.4, -0.2) is 36.4 Å². The van der Waals surface area contributed by atoms with Crippen molar-refractivity contribution in [1.29, 1.82) is 0 Å². The molecule has 4 nitrogen and oxygen atoms in total. The number of ether oxygens (including phenoxy) is 2. The van der Waals surface area contributed by atoms with E-state index in [0.29, 0.717) is 24.8 Å². The summed E-state index contributed by atoms with van der Waals surface area (Å²) in [6.07, 6.45) is -0.327. The summed E-state index contributed by atoms with van der Waals surface area (Å²) >= 11 is 6.38. The van der Waals surface area contributed by atoms with Gasteiger partial charge in [-0.1, -0.05) is 41.9 Å². The van der Waals surface area contributed by atoms with E-state index in [2.05, 4.69) is 6.07 Å². The van der Waals surface area contributed by atoms with E-state index in [4.69, 9.17) is 21.1 Å². The lowest BCUT2D eigenvalue weighted by Crippen LogP contribution is -2.45. The number of morpholine rings is 1. The number of halogens is 1. The number of rotatable bonds is 2. The highest BCUT2D eigenvalue weighted by Gasteiger charge is 2.32. The van der Waals surface area contributed by atoms with Gasteiger partial charge in [-0.25, -0.2) is 4.79 Å². The molecule has 1 heterocycles. The predicted molar refractivity (Wildman–Crippen MR) is 103 cm³/mol. The zero-order valence-electron chi connectivity index (χ0n) is 15.4. The first-order valence-corrected chi connectivity index (χ1v) is 9.14. The van der Waals surface area contributed by atoms with Crippen LogP contribution in [0.1, 0.15) is 32.4 Å². The maximum atomic E-state index is 12.7. The molecule has 1 atom stereocenters. The molecule has 2 aromatic carbocycles. The Labute approximate surface area is 159 Å². The third-order valence-corrected chi connectivity index (χ3v) is 4.39. The smallest absolute Gasteiger partial charge is 0.410 e. The van der Waals surface area contributed by atoms with Gasteiger partial charge in [0, 0.05) is 11.6 Å². The molecule has 1 unspecified atom stereocenters. The summed E-state index contributed by atoms with van der Waals surface area (Å²) in [5.41, 5.74) is 2.50. The van der Waals surface area contributed by atoms with Gasteiger partial charge in [0.2, 0.25) is 0 Å². The zero-order valence-corrected chi connectivity index (χ0v) is 16.1. The van der Waals surface area contributed by atoms with Crippen molar-refractivity contribution in [3.63, 3.8) is 0 Å². The summed E-state index contributed by atoms with van der Waals surface area (Å²) in [7, 11) is 0. The molecular weight excluding hydrogens is 350 g/mol. The summed E-state index contributed by atoms with van der Waals surface area (Å²) < 4.78 is 11.2. The van der Waals surface area contributed by atoms with E-state index in [1.807, 2.05) is 63.2 Å². The zero-order chi connectivity index (χ0) is 18.7. The fourth-order valence-corrected chi connectivity index (χ4v) is 3.26. The van der Waals surface area contributed by atoms with E-state index < -0.39 is 5.60 Å². The Balaban J connectivity index is 1.93. The van der Waals surface area contributed by atoms with Gasteiger partial charge in [-0.2, -0.15) is 0 Å². The molecular formula is C21H24ClNO3. The Kier molecular flexibility index (Phi) is 5.54. The molecule has 26 heavy (non-hydrogen) atoms. The number of benzene rings is 2. The van der Waals surface area contributed by atoms with Crippen molar-refractivity contribution in [3.05, 3.63) is 59.1 Å². The monoisotopic (exact) mass is 373 g/mol. The summed E-state index contributed by atoms with van der Waals surface area (Å²) in [4.78, 5) is 14.4. The highest BCUT2D eigenvalue weighted by atomic mass is 35.5. The normalized spacial score (nSPS) is 17.8. The Hall–Kier alpha value is -2.04. The third-order valence-electron chi connectivity index (χ3n) is 4.17. The molecule has 0 N–H and O–H groups in total. The van der Waals surface area contributed by atoms with Gasteiger partial charge in [-0.15, -0.1) is 0 Å². The van der Waals surface area contributed by atoms with Crippen molar-refractivity contribution >= 4 is 17.7 Å². The minimum atomic E-state index is -0.538. The van der Waals surface area contributed by atoms with E-state index >= 15 is 0 Å². The molecule has 1 aliphatic heterocycles. The quantitative estimate of drug-likeness (QED) is 0.715. The SMILES string of the molecule is CC(C)(C)OC(=O)N1CCOCC1c1cc(Cl)cc(-c2ccccc2)c1. The molecule has 1 amide bonds. The molecule has 0 bridgehead atoms. The highest BCUT2D eigenvalue weighted by Crippen LogP contribution is 2.32. The molecule has 5 heteroatoms. The third kappa shape index (κ3) is 4.57. The maximum absolute atomic E-state index is 12.7. The van der Waals surface area contributed by atoms with E-state index in [0.717, 1.165) is 16.7 Å². The maximum Gasteiger partial charge on any atom is 0.410 e. The molecule has 1 fully saturated rings. The highest BCUT2D eigenvalue weighted by molar-refractivity contribution is 6.31. The molecule has 0 aromatic heterocycles. The van der Waals surface area contributed by atoms with Gasteiger partial charge in [0.05, 0.1) is 19.3 Å². The van der Waals surface area contributed by atoms with Gasteiger partial charge < -0.3 is 9.47 Å². The van der Waals surface area contributed by atoms with Gasteiger partial charge in [0.25, 0.3) is 0 Å². The summed E-state index contributed by atoms with van der Waals surface area (Å²) in [6.45, 7) is 7.02. The second-order valence-corrected chi connectivity index (χ2v) is 7.84. The second-order valence-electron chi connectivity index (χ2n) is 7.40. The first-order chi connectivity index (χ1) is 12.3. The van der Waals surface area contributed by atoms with Gasteiger partial charge in [0.1, 0.15) is 5.60 Å². The fourth-order valence-electron chi connectivity index (χ4n) is 3.02. The molecule has 2 aromatic rings. The topological polar surface area (TPSA) is 38.8 Å². The van der Waals surface area contributed by atoms with Crippen LogP contribution in [0.4, 0.5) is 4.79 Å². The number of nitrogens with zero attached hydrogens (tertiary/aromatic N) is 1. The lowest BCUT2D eigenvalue weighted by atomic mass is 9.98. The van der Waals surface area contributed by atoms with Gasteiger partial charge in [-0.05, 0) is 55.7 Å². The van der Waals surface area contributed by atoms with Gasteiger partial charge in [-0.3, -0.25) is 4.90 Å². The van der Waals surface area contributed by atoms with Crippen LogP contribution in [0.2, 0.25) is 5.02 Å². The van der Waals surface area contributed by atoms with Crippen LogP contribution in [0.5, 0.6) is 0 Å². The molecule has 138 valence electrons. The van der Waals surface area contributed by atoms with Crippen LogP contribution in [0, 0.1) is 0 Å². The van der Waals surface area contributed by atoms with Crippen LogP contribution in [-0.2, 0) is 9.47 Å². The number of carbonyl (C=O) groups is 1. The largest absolute Gasteiger partial charge is 0.444 e. The van der Waals surface area contributed by atoms with E-state index in [9.17, 15) is 4.79 Å². The van der Waals surface area contributed by atoms with Crippen LogP contribution in [0.15, 0.2) is 48.5 Å². The molecule has 3 rings (SSSR count). The molecule has 0 radical (unpaired) electrons. The first-order valence-electron chi connectivity index (χ1n) is 8.77. The van der Waals surface area contributed by atoms with Crippen molar-refractivity contribution in [1.82, 2.24) is 4.90 Å². The summed E-state index contributed by atoms with van der Waals surface area (Å²) in [5, 5.41) is 0.635. The number of hydrogen-bond acceptors (Lipinski definition) is 3. The Morgan fingerprint density at radius 1 is 1.15 bits per heavy atom. The van der Waals surface area contributed by atoms with Gasteiger partial charge >= 0.3 is 6.09 Å². The standard InChI is InChI=1S/C21H24ClNO3/c1-21(2,3)26-20(24)23-9-10-25-14-19(23)17-11-16(12-18(22)13-17)15-7-5-4-6-8-15/h4-8,11-13,19H,9-10,14H2,1-3H3. The number of hydrogen-bond donors (Lipinski definition) is 0. The van der Waals surface area contributed by atoms with E-state index in [1.54, 1.807) is 4.90 Å². The average Bonchev–Trinajstić information content (AvgIpc) is 2.60. The van der Waals surface area contributed by atoms with Crippen LogP contribution < -0.4 is 0 Å². The van der Waals surface area contributed by atoms with Crippen LogP contribution >= 0.6 is 11.6 Å². The Morgan fingerprint density at radius 3 is 2.58 bits per heavy atom. The molecule has 1 aliphatic rings. The fraction of sp³-hybridized carbons (Fsp3) is 0.381. The van der Waals surface area contributed by atoms with Crippen molar-refractivity contribution in [2.24, 2.45) is 0 Å². The first kappa shape index (κ1) is 18.7. The van der Waals surface area contributed by atoms with Crippen molar-refractivity contribution in [2.45, 2.75) is 32.4 Å². The lowest BCUT2D eigenvalue weighted by molar-refractivity contribution is -0.0331. The minimum Gasteiger partial charge on any atom is -0.444 e. The number of amides is 1. The van der Waals surface area contributed by atoms with E-state index in [1.165, 1.54) is 0 Å². The average molecular weight is 374 g/mol. The molecule has 0 spiro atoms. The summed E-state index contributed by atoms with van der Waals surface area (Å²) in [6, 6.07) is 15.7. The second kappa shape index (κ2) is 7.68. The number of carbonyl (C=O) groups excluding carboxylic acids is 1. The minimum absolute atomic E-state index is 0.222. The van der Waals surface area contributed by atoms with Crippen molar-refractivity contribution in [2.75, 3.05) is 19.8 Å². The summed E-state index contributed by atoms with van der Waals surface area (Å²) in [5.74, 6) is 0. The van der Waals surface area contributed by atoms with Crippen molar-refractivity contribution in [3.8, 4) is 11.1 Å². The molecule has 0 aliphatic carbocycles. The molecule has 0 saturated carbocycles. The van der Waals surface area contributed by atoms with Crippen LogP contribution in [0.25, 0.3) is 11.1 Å². The van der Waals surface area contributed by atoms with Gasteiger partial charge in [0.15, 0.2) is 0 Å². The van der Waals surface area contributed by atoms with E-state index in [-0.39, 0.29) is 12.1 Å². The molecule has 1 saturated heterocycles. The lowest BCUT2D eigenvalue weighted by Gasteiger charge is -2.37. The predicted octanol–water partition coefficient (Wildman–Crippen LogP) is 5.32. The van der Waals surface area contributed by atoms with Crippen LogP contribution in [0.3, 0.4) is 0 Å². The Morgan fingerprint density at radius 2 is 1.88 bits per heavy atom.